The first-order chi connectivity index (χ1) is 10.1. The molecule has 3 aromatic heterocycles. The highest BCUT2D eigenvalue weighted by Crippen LogP contribution is 2.22. The molecule has 0 spiro atoms. The van der Waals surface area contributed by atoms with E-state index in [2.05, 4.69) is 19.7 Å². The lowest BCUT2D eigenvalue weighted by molar-refractivity contribution is 0.575. The van der Waals surface area contributed by atoms with E-state index in [4.69, 9.17) is 11.6 Å². The summed E-state index contributed by atoms with van der Waals surface area (Å²) >= 11 is 5.96. The molecule has 21 heavy (non-hydrogen) atoms. The lowest BCUT2D eigenvalue weighted by Crippen LogP contribution is -2.25. The van der Waals surface area contributed by atoms with Gasteiger partial charge in [-0.1, -0.05) is 17.7 Å². The molecule has 0 saturated carbocycles. The van der Waals surface area contributed by atoms with Gasteiger partial charge in [-0.25, -0.2) is 28.1 Å². The lowest BCUT2D eigenvalue weighted by Gasteiger charge is -2.06. The molecule has 0 aliphatic heterocycles. The van der Waals surface area contributed by atoms with Gasteiger partial charge >= 0.3 is 0 Å². The average Bonchev–Trinajstić information content (AvgIpc) is 2.83. The number of halogens is 1. The summed E-state index contributed by atoms with van der Waals surface area (Å²) in [6.45, 7) is 0.0429. The van der Waals surface area contributed by atoms with Crippen LogP contribution < -0.4 is 4.72 Å². The van der Waals surface area contributed by atoms with Gasteiger partial charge in [0.1, 0.15) is 12.0 Å². The Morgan fingerprint density at radius 2 is 2.14 bits per heavy atom. The third kappa shape index (κ3) is 2.73. The lowest BCUT2D eigenvalue weighted by atomic mass is 10.4. The van der Waals surface area contributed by atoms with Crippen molar-refractivity contribution in [2.45, 2.75) is 11.6 Å². The largest absolute Gasteiger partial charge is 0.288 e. The van der Waals surface area contributed by atoms with Crippen LogP contribution in [-0.2, 0) is 16.6 Å². The first-order valence-electron chi connectivity index (χ1n) is 5.95. The predicted octanol–water partition coefficient (Wildman–Crippen LogP) is 1.26. The van der Waals surface area contributed by atoms with Crippen LogP contribution in [0.25, 0.3) is 5.65 Å². The van der Waals surface area contributed by atoms with Gasteiger partial charge in [-0.05, 0) is 18.2 Å². The van der Waals surface area contributed by atoms with Gasteiger partial charge in [0, 0.05) is 12.4 Å². The SMILES string of the molecule is O=S(=O)(NCc1ccncn1)c1c(Cl)nc2ccccn12. The molecule has 7 nitrogen and oxygen atoms in total. The zero-order chi connectivity index (χ0) is 14.9. The Kier molecular flexibility index (Phi) is 3.58. The zero-order valence-electron chi connectivity index (χ0n) is 10.6. The summed E-state index contributed by atoms with van der Waals surface area (Å²) in [6, 6.07) is 6.76. The number of sulfonamides is 1. The van der Waals surface area contributed by atoms with E-state index in [0.29, 0.717) is 11.3 Å². The van der Waals surface area contributed by atoms with Crippen LogP contribution in [0.5, 0.6) is 0 Å². The minimum atomic E-state index is -3.81. The van der Waals surface area contributed by atoms with Crippen molar-refractivity contribution >= 4 is 27.3 Å². The van der Waals surface area contributed by atoms with E-state index in [0.717, 1.165) is 0 Å². The number of rotatable bonds is 4. The van der Waals surface area contributed by atoms with E-state index >= 15 is 0 Å². The first-order valence-corrected chi connectivity index (χ1v) is 7.81. The summed E-state index contributed by atoms with van der Waals surface area (Å²) < 4.78 is 28.7. The number of pyridine rings is 1. The summed E-state index contributed by atoms with van der Waals surface area (Å²) in [5.41, 5.74) is 1.02. The second kappa shape index (κ2) is 5.40. The minimum absolute atomic E-state index is 0.0429. The van der Waals surface area contributed by atoms with Gasteiger partial charge in [-0.15, -0.1) is 0 Å². The van der Waals surface area contributed by atoms with Gasteiger partial charge in [0.15, 0.2) is 10.2 Å². The van der Waals surface area contributed by atoms with Crippen LogP contribution in [0.15, 0.2) is 48.0 Å². The van der Waals surface area contributed by atoms with Crippen molar-refractivity contribution < 1.29 is 8.42 Å². The van der Waals surface area contributed by atoms with Crippen LogP contribution >= 0.6 is 11.6 Å². The summed E-state index contributed by atoms with van der Waals surface area (Å²) in [7, 11) is -3.81. The molecule has 9 heteroatoms. The monoisotopic (exact) mass is 323 g/mol. The highest BCUT2D eigenvalue weighted by atomic mass is 35.5. The number of nitrogens with one attached hydrogen (secondary N) is 1. The molecule has 0 aliphatic rings. The summed E-state index contributed by atoms with van der Waals surface area (Å²) in [4.78, 5) is 11.7. The maximum Gasteiger partial charge on any atom is 0.260 e. The molecule has 3 heterocycles. The molecule has 0 radical (unpaired) electrons. The van der Waals surface area contributed by atoms with Crippen molar-refractivity contribution in [3.8, 4) is 0 Å². The third-order valence-electron chi connectivity index (χ3n) is 2.79. The average molecular weight is 324 g/mol. The number of hydrogen-bond donors (Lipinski definition) is 1. The molecule has 0 aliphatic carbocycles. The van der Waals surface area contributed by atoms with Crippen molar-refractivity contribution in [3.05, 3.63) is 53.8 Å². The van der Waals surface area contributed by atoms with Crippen molar-refractivity contribution in [3.63, 3.8) is 0 Å². The van der Waals surface area contributed by atoms with E-state index < -0.39 is 10.0 Å². The molecule has 0 aromatic carbocycles. The molecule has 0 amide bonds. The Morgan fingerprint density at radius 1 is 1.29 bits per heavy atom. The standard InChI is InChI=1S/C12H10ClN5O2S/c13-11-12(18-6-2-1-3-10(18)17-11)21(19,20)16-7-9-4-5-14-8-15-9/h1-6,8,16H,7H2. The van der Waals surface area contributed by atoms with E-state index in [9.17, 15) is 8.42 Å². The number of hydrogen-bond acceptors (Lipinski definition) is 5. The number of imidazole rings is 1. The van der Waals surface area contributed by atoms with Gasteiger partial charge in [0.05, 0.1) is 12.2 Å². The molecule has 3 aromatic rings. The molecular formula is C12H10ClN5O2S. The fraction of sp³-hybridized carbons (Fsp3) is 0.0833. The van der Waals surface area contributed by atoms with Crippen molar-refractivity contribution in [2.75, 3.05) is 0 Å². The van der Waals surface area contributed by atoms with Crippen LogP contribution in [0, 0.1) is 0 Å². The Labute approximate surface area is 125 Å². The zero-order valence-corrected chi connectivity index (χ0v) is 12.2. The Bertz CT molecular complexity index is 879. The van der Waals surface area contributed by atoms with Crippen LogP contribution in [0.4, 0.5) is 0 Å². The maximum absolute atomic E-state index is 12.4. The van der Waals surface area contributed by atoms with Crippen LogP contribution in [-0.4, -0.2) is 27.8 Å². The van der Waals surface area contributed by atoms with E-state index in [1.54, 1.807) is 30.5 Å². The quantitative estimate of drug-likeness (QED) is 0.780. The van der Waals surface area contributed by atoms with Crippen LogP contribution in [0.3, 0.4) is 0 Å². The van der Waals surface area contributed by atoms with Gasteiger partial charge < -0.3 is 0 Å². The predicted molar refractivity (Wildman–Crippen MR) is 76.3 cm³/mol. The summed E-state index contributed by atoms with van der Waals surface area (Å²) in [5, 5.41) is -0.162. The minimum Gasteiger partial charge on any atom is -0.288 e. The second-order valence-electron chi connectivity index (χ2n) is 4.16. The van der Waals surface area contributed by atoms with E-state index in [1.165, 1.54) is 16.9 Å². The molecule has 0 saturated heterocycles. The second-order valence-corrected chi connectivity index (χ2v) is 6.20. The third-order valence-corrected chi connectivity index (χ3v) is 4.59. The molecule has 0 fully saturated rings. The maximum atomic E-state index is 12.4. The van der Waals surface area contributed by atoms with Crippen LogP contribution in [0.2, 0.25) is 5.15 Å². The molecule has 0 atom stereocenters. The number of nitrogens with zero attached hydrogens (tertiary/aromatic N) is 4. The first kappa shape index (κ1) is 13.9. The summed E-state index contributed by atoms with van der Waals surface area (Å²) in [5.74, 6) is 0. The van der Waals surface area contributed by atoms with Crippen molar-refractivity contribution in [2.24, 2.45) is 0 Å². The van der Waals surface area contributed by atoms with Gasteiger partial charge in [-0.2, -0.15) is 0 Å². The molecular weight excluding hydrogens is 314 g/mol. The normalized spacial score (nSPS) is 11.9. The molecule has 108 valence electrons. The molecule has 1 N–H and O–H groups in total. The van der Waals surface area contributed by atoms with E-state index in [-0.39, 0.29) is 16.7 Å². The highest BCUT2D eigenvalue weighted by Gasteiger charge is 2.24. The van der Waals surface area contributed by atoms with Gasteiger partial charge in [-0.3, -0.25) is 4.40 Å². The van der Waals surface area contributed by atoms with Crippen LogP contribution in [0.1, 0.15) is 5.69 Å². The topological polar surface area (TPSA) is 89.2 Å². The Hall–Kier alpha value is -2.03. The fourth-order valence-electron chi connectivity index (χ4n) is 1.85. The number of fused-ring (bicyclic) bond motifs is 1. The summed E-state index contributed by atoms with van der Waals surface area (Å²) in [6.07, 6.45) is 4.48. The fourth-order valence-corrected chi connectivity index (χ4v) is 3.48. The van der Waals surface area contributed by atoms with Crippen molar-refractivity contribution in [1.29, 1.82) is 0 Å². The molecule has 0 unspecified atom stereocenters. The molecule has 0 bridgehead atoms. The van der Waals surface area contributed by atoms with Crippen molar-refractivity contribution in [1.82, 2.24) is 24.1 Å². The Balaban J connectivity index is 1.95. The molecule has 3 rings (SSSR count). The highest BCUT2D eigenvalue weighted by molar-refractivity contribution is 7.89. The Morgan fingerprint density at radius 3 is 2.90 bits per heavy atom. The smallest absolute Gasteiger partial charge is 0.260 e. The number of aromatic nitrogens is 4. The van der Waals surface area contributed by atoms with Gasteiger partial charge in [0.25, 0.3) is 10.0 Å². The van der Waals surface area contributed by atoms with E-state index in [1.807, 2.05) is 0 Å². The van der Waals surface area contributed by atoms with Gasteiger partial charge in [0.2, 0.25) is 0 Å².